The van der Waals surface area contributed by atoms with Gasteiger partial charge in [-0.25, -0.2) is 4.98 Å². The van der Waals surface area contributed by atoms with E-state index in [2.05, 4.69) is 15.3 Å². The van der Waals surface area contributed by atoms with Gasteiger partial charge in [0, 0.05) is 37.5 Å². The first kappa shape index (κ1) is 21.9. The summed E-state index contributed by atoms with van der Waals surface area (Å²) < 4.78 is 0. The summed E-state index contributed by atoms with van der Waals surface area (Å²) >= 11 is 0. The molecule has 0 aliphatic carbocycles. The van der Waals surface area contributed by atoms with Crippen LogP contribution in [0.4, 0.5) is 17.2 Å². The van der Waals surface area contributed by atoms with Crippen LogP contribution in [0.1, 0.15) is 32.8 Å². The van der Waals surface area contributed by atoms with Crippen LogP contribution in [0.25, 0.3) is 0 Å². The van der Waals surface area contributed by atoms with Gasteiger partial charge in [0.1, 0.15) is 5.69 Å². The number of rotatable bonds is 10. The van der Waals surface area contributed by atoms with Crippen molar-refractivity contribution in [1.82, 2.24) is 9.97 Å². The van der Waals surface area contributed by atoms with Crippen LogP contribution in [-0.2, 0) is 6.42 Å². The first-order valence-electron chi connectivity index (χ1n) is 8.47. The molecule has 0 atom stereocenters. The predicted molar refractivity (Wildman–Crippen MR) is 105 cm³/mol. The first-order chi connectivity index (χ1) is 14.2. The van der Waals surface area contributed by atoms with E-state index in [1.54, 1.807) is 12.2 Å². The van der Waals surface area contributed by atoms with Crippen molar-refractivity contribution in [2.24, 2.45) is 11.5 Å². The van der Waals surface area contributed by atoms with E-state index in [9.17, 15) is 29.8 Å². The summed E-state index contributed by atoms with van der Waals surface area (Å²) in [7, 11) is 0. The van der Waals surface area contributed by atoms with E-state index in [1.165, 1.54) is 6.20 Å². The van der Waals surface area contributed by atoms with Crippen LogP contribution in [0.15, 0.2) is 36.7 Å². The second-order valence-electron chi connectivity index (χ2n) is 5.92. The highest BCUT2D eigenvalue weighted by molar-refractivity contribution is 5.94. The molecule has 13 nitrogen and oxygen atoms in total. The van der Waals surface area contributed by atoms with Gasteiger partial charge in [0.15, 0.2) is 0 Å². The average molecular weight is 415 g/mol. The number of hydrogen-bond donors (Lipinski definition) is 3. The van der Waals surface area contributed by atoms with Crippen molar-refractivity contribution >= 4 is 29.0 Å². The van der Waals surface area contributed by atoms with Gasteiger partial charge in [0.2, 0.25) is 5.82 Å². The highest BCUT2D eigenvalue weighted by Gasteiger charge is 2.18. The Bertz CT molecular complexity index is 956. The zero-order valence-electron chi connectivity index (χ0n) is 15.5. The van der Waals surface area contributed by atoms with Crippen molar-refractivity contribution in [2.45, 2.75) is 12.8 Å². The third kappa shape index (κ3) is 5.54. The SMILES string of the molecule is NC(=O)c1cnc(CC/C=C/CNc2ncc(C(N)=O)cc2[N+](=O)[O-])c([N+](=O)[O-])c1. The van der Waals surface area contributed by atoms with Crippen LogP contribution < -0.4 is 16.8 Å². The maximum absolute atomic E-state index is 11.1. The monoisotopic (exact) mass is 415 g/mol. The zero-order chi connectivity index (χ0) is 22.3. The largest absolute Gasteiger partial charge is 0.366 e. The summed E-state index contributed by atoms with van der Waals surface area (Å²) in [6, 6.07) is 2.11. The van der Waals surface area contributed by atoms with Gasteiger partial charge >= 0.3 is 5.69 Å². The van der Waals surface area contributed by atoms with Crippen molar-refractivity contribution in [3.8, 4) is 0 Å². The molecule has 0 fully saturated rings. The van der Waals surface area contributed by atoms with E-state index in [4.69, 9.17) is 11.5 Å². The van der Waals surface area contributed by atoms with Crippen LogP contribution in [0, 0.1) is 20.2 Å². The fraction of sp³-hybridized carbons (Fsp3) is 0.176. The number of carbonyl (C=O) groups is 2. The van der Waals surface area contributed by atoms with Crippen LogP contribution in [0.5, 0.6) is 0 Å². The Labute approximate surface area is 169 Å². The summed E-state index contributed by atoms with van der Waals surface area (Å²) in [4.78, 5) is 50.9. The predicted octanol–water partition coefficient (Wildman–Crippen LogP) is 1.09. The number of nitrogens with one attached hydrogen (secondary N) is 1. The van der Waals surface area contributed by atoms with Gasteiger partial charge in [-0.2, -0.15) is 0 Å². The number of allylic oxidation sites excluding steroid dienone is 1. The molecule has 0 saturated heterocycles. The minimum Gasteiger partial charge on any atom is -0.366 e. The van der Waals surface area contributed by atoms with Crippen molar-refractivity contribution in [3.05, 3.63) is 73.7 Å². The summed E-state index contributed by atoms with van der Waals surface area (Å²) in [6.07, 6.45) is 6.28. The molecule has 13 heteroatoms. The van der Waals surface area contributed by atoms with Crippen LogP contribution in [0.2, 0.25) is 0 Å². The molecule has 30 heavy (non-hydrogen) atoms. The molecular formula is C17H17N7O6. The summed E-state index contributed by atoms with van der Waals surface area (Å²) in [5, 5.41) is 25.0. The zero-order valence-corrected chi connectivity index (χ0v) is 15.5. The van der Waals surface area contributed by atoms with Gasteiger partial charge in [0.05, 0.1) is 21.0 Å². The fourth-order valence-electron chi connectivity index (χ4n) is 2.41. The number of pyridine rings is 2. The van der Waals surface area contributed by atoms with E-state index in [-0.39, 0.29) is 41.3 Å². The number of nitrogens with two attached hydrogens (primary N) is 2. The molecule has 0 radical (unpaired) electrons. The molecule has 0 saturated carbocycles. The quantitative estimate of drug-likeness (QED) is 0.287. The standard InChI is InChI=1S/C17H17N7O6/c18-15(25)10-6-13(23(27)28)12(21-8-10)4-2-1-3-5-20-17-14(24(29)30)7-11(9-22-17)16(19)26/h1,3,6-9H,2,4-5H2,(H2,18,25)(H2,19,26)(H,20,22)/b3-1+. The molecular weight excluding hydrogens is 398 g/mol. The topological polar surface area (TPSA) is 210 Å². The summed E-state index contributed by atoms with van der Waals surface area (Å²) in [5.41, 5.74) is 9.55. The number of aromatic nitrogens is 2. The minimum absolute atomic E-state index is 0.0333. The van der Waals surface area contributed by atoms with Gasteiger partial charge in [-0.1, -0.05) is 12.2 Å². The molecule has 2 heterocycles. The first-order valence-corrected chi connectivity index (χ1v) is 8.47. The van der Waals surface area contributed by atoms with E-state index in [1.807, 2.05) is 0 Å². The van der Waals surface area contributed by atoms with Crippen LogP contribution in [-0.4, -0.2) is 38.2 Å². The Morgan fingerprint density at radius 2 is 1.53 bits per heavy atom. The third-order valence-corrected chi connectivity index (χ3v) is 3.88. The fourth-order valence-corrected chi connectivity index (χ4v) is 2.41. The average Bonchev–Trinajstić information content (AvgIpc) is 2.70. The number of aryl methyl sites for hydroxylation is 1. The molecule has 0 spiro atoms. The molecule has 2 aromatic heterocycles. The van der Waals surface area contributed by atoms with E-state index in [0.29, 0.717) is 6.42 Å². The molecule has 2 rings (SSSR count). The molecule has 0 aliphatic rings. The third-order valence-electron chi connectivity index (χ3n) is 3.88. The van der Waals surface area contributed by atoms with E-state index >= 15 is 0 Å². The lowest BCUT2D eigenvalue weighted by Crippen LogP contribution is -2.13. The molecule has 156 valence electrons. The summed E-state index contributed by atoms with van der Waals surface area (Å²) in [6.45, 7) is 0.180. The van der Waals surface area contributed by atoms with Gasteiger partial charge in [-0.3, -0.25) is 34.8 Å². The Morgan fingerprint density at radius 1 is 0.967 bits per heavy atom. The van der Waals surface area contributed by atoms with Crippen molar-refractivity contribution < 1.29 is 19.4 Å². The number of anilines is 1. The number of primary amides is 2. The molecule has 5 N–H and O–H groups in total. The normalized spacial score (nSPS) is 10.7. The molecule has 0 bridgehead atoms. The highest BCUT2D eigenvalue weighted by Crippen LogP contribution is 2.22. The molecule has 2 aromatic rings. The Kier molecular flexibility index (Phi) is 7.06. The molecule has 2 amide bonds. The number of nitrogens with zero attached hydrogens (tertiary/aromatic N) is 4. The maximum atomic E-state index is 11.1. The van der Waals surface area contributed by atoms with Crippen LogP contribution >= 0.6 is 0 Å². The lowest BCUT2D eigenvalue weighted by molar-refractivity contribution is -0.386. The van der Waals surface area contributed by atoms with E-state index < -0.39 is 27.3 Å². The van der Waals surface area contributed by atoms with Gasteiger partial charge in [-0.05, 0) is 6.42 Å². The van der Waals surface area contributed by atoms with Gasteiger partial charge < -0.3 is 16.8 Å². The Morgan fingerprint density at radius 3 is 2.10 bits per heavy atom. The number of carbonyl (C=O) groups excluding carboxylic acids is 2. The second kappa shape index (κ2) is 9.68. The van der Waals surface area contributed by atoms with Gasteiger partial charge in [0.25, 0.3) is 17.5 Å². The highest BCUT2D eigenvalue weighted by atomic mass is 16.6. The molecule has 0 aliphatic heterocycles. The van der Waals surface area contributed by atoms with Crippen molar-refractivity contribution in [1.29, 1.82) is 0 Å². The van der Waals surface area contributed by atoms with Crippen molar-refractivity contribution in [2.75, 3.05) is 11.9 Å². The lowest BCUT2D eigenvalue weighted by atomic mass is 10.1. The molecule has 0 aromatic carbocycles. The van der Waals surface area contributed by atoms with Crippen molar-refractivity contribution in [3.63, 3.8) is 0 Å². The minimum atomic E-state index is -0.830. The maximum Gasteiger partial charge on any atom is 0.312 e. The van der Waals surface area contributed by atoms with Crippen LogP contribution in [0.3, 0.4) is 0 Å². The number of hydrogen-bond acceptors (Lipinski definition) is 9. The Balaban J connectivity index is 1.97. The summed E-state index contributed by atoms with van der Waals surface area (Å²) in [5.74, 6) is -1.67. The molecule has 0 unspecified atom stereocenters. The Hall–Kier alpha value is -4.42. The van der Waals surface area contributed by atoms with Gasteiger partial charge in [-0.15, -0.1) is 0 Å². The lowest BCUT2D eigenvalue weighted by Gasteiger charge is -2.05. The number of amides is 2. The smallest absolute Gasteiger partial charge is 0.312 e. The second-order valence-corrected chi connectivity index (χ2v) is 5.92. The number of nitro groups is 2. The van der Waals surface area contributed by atoms with E-state index in [0.717, 1.165) is 18.3 Å².